The van der Waals surface area contributed by atoms with Crippen LogP contribution in [0.5, 0.6) is 11.5 Å². The van der Waals surface area contributed by atoms with E-state index >= 15 is 4.39 Å². The molecule has 246 valence electrons. The third-order valence-electron chi connectivity index (χ3n) is 7.70. The van der Waals surface area contributed by atoms with Gasteiger partial charge in [-0.15, -0.1) is 0 Å². The van der Waals surface area contributed by atoms with E-state index in [1.165, 1.54) is 25.3 Å². The van der Waals surface area contributed by atoms with Crippen molar-refractivity contribution in [3.05, 3.63) is 132 Å². The summed E-state index contributed by atoms with van der Waals surface area (Å²) in [6.07, 6.45) is 6.56. The molecule has 0 bridgehead atoms. The Morgan fingerprint density at radius 2 is 1.25 bits per heavy atom. The zero-order valence-electron chi connectivity index (χ0n) is 27.1. The summed E-state index contributed by atoms with van der Waals surface area (Å²) < 4.78 is 25.6. The second kappa shape index (κ2) is 17.6. The summed E-state index contributed by atoms with van der Waals surface area (Å²) in [6.45, 7) is 8.16. The summed E-state index contributed by atoms with van der Waals surface area (Å²) in [5, 5.41) is 18.1. The van der Waals surface area contributed by atoms with E-state index in [1.54, 1.807) is 48.5 Å². The molecule has 0 amide bonds. The average Bonchev–Trinajstić information content (AvgIpc) is 3.10. The molecule has 7 heteroatoms. The number of ether oxygens (including phenoxy) is 2. The Kier molecular flexibility index (Phi) is 13.0. The summed E-state index contributed by atoms with van der Waals surface area (Å²) in [6, 6.07) is 24.5. The molecule has 0 saturated heterocycles. The molecule has 0 saturated carbocycles. The highest BCUT2D eigenvalue weighted by molar-refractivity contribution is 5.90. The Labute approximate surface area is 281 Å². The lowest BCUT2D eigenvalue weighted by Crippen LogP contribution is -2.12. The normalized spacial score (nSPS) is 10.5. The van der Waals surface area contributed by atoms with Crippen LogP contribution in [-0.2, 0) is 16.0 Å². The molecule has 0 atom stereocenters. The van der Waals surface area contributed by atoms with E-state index in [-0.39, 0.29) is 16.9 Å². The van der Waals surface area contributed by atoms with Crippen molar-refractivity contribution >= 4 is 11.9 Å². The monoisotopic (exact) mass is 646 g/mol. The molecule has 0 radical (unpaired) electrons. The maximum Gasteiger partial charge on any atom is 0.341 e. The summed E-state index contributed by atoms with van der Waals surface area (Å²) in [5.41, 5.74) is 5.37. The third kappa shape index (κ3) is 9.85. The number of aliphatic hydroxyl groups excluding tert-OH is 2. The highest BCUT2D eigenvalue weighted by Crippen LogP contribution is 2.28. The molecule has 4 aromatic carbocycles. The number of halogens is 1. The quantitative estimate of drug-likeness (QED) is 0.0475. The molecule has 0 aliphatic heterocycles. The Balaban J connectivity index is 1.53. The minimum atomic E-state index is -0.727. The molecule has 0 aromatic heterocycles. The smallest absolute Gasteiger partial charge is 0.341 e. The average molecular weight is 647 g/mol. The number of unbranched alkanes of at least 4 members (excludes halogenated alkanes) is 4. The van der Waals surface area contributed by atoms with Gasteiger partial charge in [0.25, 0.3) is 0 Å². The molecule has 4 rings (SSSR count). The summed E-state index contributed by atoms with van der Waals surface area (Å²) in [7, 11) is 0. The van der Waals surface area contributed by atoms with Gasteiger partial charge in [-0.3, -0.25) is 0 Å². The van der Waals surface area contributed by atoms with Gasteiger partial charge in [-0.25, -0.2) is 14.0 Å². The van der Waals surface area contributed by atoms with Gasteiger partial charge in [0.15, 0.2) is 0 Å². The Bertz CT molecular complexity index is 1830. The SMILES string of the molecule is C=C(CO)C(=O)Oc1ccc(-c2ccc(C#Cc3ccc(-c4ccc(OC(=O)C(=C)CO)cc4)c(F)c3)c(CCCCCCC)c2)cc1. The molecule has 0 spiro atoms. The first-order chi connectivity index (χ1) is 23.2. The molecule has 2 N–H and O–H groups in total. The predicted molar refractivity (Wildman–Crippen MR) is 186 cm³/mol. The number of esters is 2. The van der Waals surface area contributed by atoms with Crippen LogP contribution in [0.1, 0.15) is 55.7 Å². The largest absolute Gasteiger partial charge is 0.423 e. The third-order valence-corrected chi connectivity index (χ3v) is 7.70. The van der Waals surface area contributed by atoms with Gasteiger partial charge in [-0.1, -0.05) is 94.0 Å². The van der Waals surface area contributed by atoms with Gasteiger partial charge in [0.2, 0.25) is 0 Å². The fourth-order valence-corrected chi connectivity index (χ4v) is 4.89. The van der Waals surface area contributed by atoms with Crippen LogP contribution >= 0.6 is 0 Å². The van der Waals surface area contributed by atoms with Crippen LogP contribution in [0.3, 0.4) is 0 Å². The number of aryl methyl sites for hydroxylation is 1. The number of rotatable bonds is 14. The van der Waals surface area contributed by atoms with Crippen molar-refractivity contribution in [3.8, 4) is 45.6 Å². The fourth-order valence-electron chi connectivity index (χ4n) is 4.89. The molecule has 4 aromatic rings. The van der Waals surface area contributed by atoms with E-state index < -0.39 is 31.0 Å². The molecule has 0 unspecified atom stereocenters. The van der Waals surface area contributed by atoms with Crippen molar-refractivity contribution in [2.45, 2.75) is 45.4 Å². The first kappa shape index (κ1) is 35.6. The van der Waals surface area contributed by atoms with Crippen molar-refractivity contribution < 1.29 is 33.7 Å². The zero-order chi connectivity index (χ0) is 34.5. The molecule has 0 heterocycles. The summed E-state index contributed by atoms with van der Waals surface area (Å²) in [4.78, 5) is 23.8. The van der Waals surface area contributed by atoms with Crippen molar-refractivity contribution in [2.75, 3.05) is 13.2 Å². The van der Waals surface area contributed by atoms with Gasteiger partial charge < -0.3 is 19.7 Å². The molecule has 0 aliphatic carbocycles. The summed E-state index contributed by atoms with van der Waals surface area (Å²) >= 11 is 0. The van der Waals surface area contributed by atoms with Gasteiger partial charge in [-0.2, -0.15) is 0 Å². The van der Waals surface area contributed by atoms with E-state index in [0.717, 1.165) is 41.5 Å². The predicted octanol–water partition coefficient (Wildman–Crippen LogP) is 7.98. The highest BCUT2D eigenvalue weighted by Gasteiger charge is 2.12. The topological polar surface area (TPSA) is 93.1 Å². The number of hydrogen-bond acceptors (Lipinski definition) is 6. The number of aliphatic hydroxyl groups is 2. The van der Waals surface area contributed by atoms with Crippen molar-refractivity contribution in [1.82, 2.24) is 0 Å². The number of carbonyl (C=O) groups excluding carboxylic acids is 2. The lowest BCUT2D eigenvalue weighted by molar-refractivity contribution is -0.131. The van der Waals surface area contributed by atoms with Crippen LogP contribution < -0.4 is 9.47 Å². The van der Waals surface area contributed by atoms with Gasteiger partial charge in [0.1, 0.15) is 17.3 Å². The van der Waals surface area contributed by atoms with Crippen molar-refractivity contribution in [1.29, 1.82) is 0 Å². The van der Waals surface area contributed by atoms with Crippen molar-refractivity contribution in [3.63, 3.8) is 0 Å². The molecule has 0 fully saturated rings. The molecule has 0 aliphatic rings. The van der Waals surface area contributed by atoms with E-state index in [2.05, 4.69) is 38.0 Å². The number of carbonyl (C=O) groups is 2. The zero-order valence-corrected chi connectivity index (χ0v) is 27.1. The van der Waals surface area contributed by atoms with Crippen LogP contribution in [0.25, 0.3) is 22.3 Å². The maximum atomic E-state index is 15.2. The molecular formula is C41H39FO6. The van der Waals surface area contributed by atoms with Gasteiger partial charge >= 0.3 is 11.9 Å². The van der Waals surface area contributed by atoms with Crippen LogP contribution in [-0.4, -0.2) is 35.4 Å². The van der Waals surface area contributed by atoms with E-state index in [0.29, 0.717) is 22.4 Å². The molecule has 6 nitrogen and oxygen atoms in total. The standard InChI is InChI=1S/C41H39FO6/c1-4-5-6-7-8-9-34-25-35(32-15-19-36(20-16-32)47-40(45)28(2)26-43)14-13-31(34)12-10-30-11-23-38(39(42)24-30)33-17-21-37(22-18-33)48-41(46)29(3)27-44/h11,13-25,43-44H,2-9,26-27H2,1H3. The van der Waals surface area contributed by atoms with E-state index in [9.17, 15) is 9.59 Å². The Morgan fingerprint density at radius 1 is 0.688 bits per heavy atom. The Hall–Kier alpha value is -5.29. The van der Waals surface area contributed by atoms with Crippen LogP contribution in [0.2, 0.25) is 0 Å². The van der Waals surface area contributed by atoms with Crippen LogP contribution in [0.15, 0.2) is 109 Å². The van der Waals surface area contributed by atoms with Gasteiger partial charge in [0, 0.05) is 16.7 Å². The van der Waals surface area contributed by atoms with Gasteiger partial charge in [0.05, 0.1) is 24.4 Å². The first-order valence-electron chi connectivity index (χ1n) is 15.9. The minimum absolute atomic E-state index is 0.0167. The second-order valence-electron chi connectivity index (χ2n) is 11.3. The molecular weight excluding hydrogens is 607 g/mol. The van der Waals surface area contributed by atoms with Crippen LogP contribution in [0, 0.1) is 17.7 Å². The van der Waals surface area contributed by atoms with E-state index in [4.69, 9.17) is 19.7 Å². The van der Waals surface area contributed by atoms with Crippen LogP contribution in [0.4, 0.5) is 4.39 Å². The lowest BCUT2D eigenvalue weighted by atomic mass is 9.95. The van der Waals surface area contributed by atoms with E-state index in [1.807, 2.05) is 24.3 Å². The summed E-state index contributed by atoms with van der Waals surface area (Å²) in [5.74, 6) is 5.18. The lowest BCUT2D eigenvalue weighted by Gasteiger charge is -2.10. The highest BCUT2D eigenvalue weighted by atomic mass is 19.1. The maximum absolute atomic E-state index is 15.2. The number of benzene rings is 4. The minimum Gasteiger partial charge on any atom is -0.423 e. The van der Waals surface area contributed by atoms with Gasteiger partial charge in [-0.05, 0) is 83.6 Å². The fraction of sp³-hybridized carbons (Fsp3) is 0.220. The number of hydrogen-bond donors (Lipinski definition) is 2. The first-order valence-corrected chi connectivity index (χ1v) is 15.9. The second-order valence-corrected chi connectivity index (χ2v) is 11.3. The van der Waals surface area contributed by atoms with Crippen molar-refractivity contribution in [2.24, 2.45) is 0 Å². The Morgan fingerprint density at radius 3 is 1.81 bits per heavy atom. The molecule has 48 heavy (non-hydrogen) atoms.